The fourth-order valence-corrected chi connectivity index (χ4v) is 4.49. The second-order valence-electron chi connectivity index (χ2n) is 5.98. The molecule has 0 spiro atoms. The van der Waals surface area contributed by atoms with Gasteiger partial charge in [-0.2, -0.15) is 0 Å². The van der Waals surface area contributed by atoms with Gasteiger partial charge in [-0.25, -0.2) is 8.42 Å². The minimum atomic E-state index is -3.70. The van der Waals surface area contributed by atoms with E-state index in [1.807, 2.05) is 6.07 Å². The second kappa shape index (κ2) is 6.65. The van der Waals surface area contributed by atoms with E-state index in [2.05, 4.69) is 4.72 Å². The van der Waals surface area contributed by atoms with Crippen molar-refractivity contribution in [2.24, 2.45) is 0 Å². The van der Waals surface area contributed by atoms with Gasteiger partial charge in [-0.1, -0.05) is 24.3 Å². The quantitative estimate of drug-likeness (QED) is 0.872. The Morgan fingerprint density at radius 2 is 1.83 bits per heavy atom. The highest BCUT2D eigenvalue weighted by Gasteiger charge is 2.22. The highest BCUT2D eigenvalue weighted by molar-refractivity contribution is 7.92. The fraction of sp³-hybridized carbons (Fsp3) is 0.278. The molecule has 24 heavy (non-hydrogen) atoms. The number of fused-ring (bicyclic) bond motifs is 1. The van der Waals surface area contributed by atoms with Gasteiger partial charge in [0.2, 0.25) is 0 Å². The Hall–Kier alpha value is -2.34. The zero-order valence-electron chi connectivity index (χ0n) is 13.2. The number of carbonyl (C=O) groups is 1. The highest BCUT2D eigenvalue weighted by atomic mass is 32.2. The molecule has 0 radical (unpaired) electrons. The van der Waals surface area contributed by atoms with E-state index in [0.717, 1.165) is 36.8 Å². The van der Waals surface area contributed by atoms with Crippen LogP contribution in [0.2, 0.25) is 0 Å². The molecule has 1 aliphatic carbocycles. The molecule has 2 N–H and O–H groups in total. The number of aryl methyl sites for hydroxylation is 1. The maximum absolute atomic E-state index is 12.8. The Morgan fingerprint density at radius 1 is 1.08 bits per heavy atom. The first-order valence-electron chi connectivity index (χ1n) is 7.90. The first kappa shape index (κ1) is 16.5. The molecule has 0 fully saturated rings. The smallest absolute Gasteiger partial charge is 0.307 e. The number of rotatable bonds is 5. The van der Waals surface area contributed by atoms with Gasteiger partial charge in [-0.15, -0.1) is 0 Å². The van der Waals surface area contributed by atoms with Crippen molar-refractivity contribution in [1.82, 2.24) is 0 Å². The van der Waals surface area contributed by atoms with Crippen molar-refractivity contribution in [3.05, 3.63) is 59.2 Å². The molecule has 5 nitrogen and oxygen atoms in total. The molecule has 0 saturated heterocycles. The van der Waals surface area contributed by atoms with Gasteiger partial charge in [0.15, 0.2) is 0 Å². The molecular weight excluding hydrogens is 326 g/mol. The number of carboxylic acids is 1. The monoisotopic (exact) mass is 345 g/mol. The summed E-state index contributed by atoms with van der Waals surface area (Å²) < 4.78 is 28.1. The number of sulfonamides is 1. The molecule has 0 unspecified atom stereocenters. The van der Waals surface area contributed by atoms with Crippen LogP contribution in [0, 0.1) is 0 Å². The standard InChI is InChI=1S/C18H19NO4S/c20-18(21)12-13-5-3-8-15(11-13)19-24(22,23)17-10-4-7-14-6-1-2-9-16(14)17/h3-5,7-8,10-11,19H,1-2,6,9,12H2,(H,20,21). The van der Waals surface area contributed by atoms with Gasteiger partial charge < -0.3 is 5.11 Å². The lowest BCUT2D eigenvalue weighted by Gasteiger charge is -2.19. The van der Waals surface area contributed by atoms with Crippen molar-refractivity contribution in [3.8, 4) is 0 Å². The summed E-state index contributed by atoms with van der Waals surface area (Å²) in [5.41, 5.74) is 2.93. The lowest BCUT2D eigenvalue weighted by atomic mass is 9.92. The third-order valence-corrected chi connectivity index (χ3v) is 5.64. The maximum atomic E-state index is 12.8. The molecular formula is C18H19NO4S. The van der Waals surface area contributed by atoms with E-state index in [1.165, 1.54) is 0 Å². The van der Waals surface area contributed by atoms with E-state index in [4.69, 9.17) is 5.11 Å². The van der Waals surface area contributed by atoms with Crippen LogP contribution in [0.15, 0.2) is 47.4 Å². The predicted molar refractivity (Wildman–Crippen MR) is 91.7 cm³/mol. The van der Waals surface area contributed by atoms with Gasteiger partial charge in [0, 0.05) is 5.69 Å². The van der Waals surface area contributed by atoms with Crippen LogP contribution in [-0.2, 0) is 34.1 Å². The van der Waals surface area contributed by atoms with Crippen LogP contribution in [0.4, 0.5) is 5.69 Å². The molecule has 2 aromatic carbocycles. The SMILES string of the molecule is O=C(O)Cc1cccc(NS(=O)(=O)c2cccc3c2CCCC3)c1. The van der Waals surface area contributed by atoms with E-state index >= 15 is 0 Å². The molecule has 0 aromatic heterocycles. The summed E-state index contributed by atoms with van der Waals surface area (Å²) >= 11 is 0. The van der Waals surface area contributed by atoms with Crippen molar-refractivity contribution in [2.45, 2.75) is 37.0 Å². The number of hydrogen-bond donors (Lipinski definition) is 2. The van der Waals surface area contributed by atoms with Crippen molar-refractivity contribution in [1.29, 1.82) is 0 Å². The zero-order valence-corrected chi connectivity index (χ0v) is 14.0. The zero-order chi connectivity index (χ0) is 17.2. The number of nitrogens with one attached hydrogen (secondary N) is 1. The minimum Gasteiger partial charge on any atom is -0.481 e. The van der Waals surface area contributed by atoms with E-state index in [0.29, 0.717) is 16.1 Å². The maximum Gasteiger partial charge on any atom is 0.307 e. The molecule has 0 atom stereocenters. The Labute approximate surface area is 141 Å². The van der Waals surface area contributed by atoms with Crippen molar-refractivity contribution >= 4 is 21.7 Å². The summed E-state index contributed by atoms with van der Waals surface area (Å²) in [4.78, 5) is 11.1. The molecule has 2 aromatic rings. The summed E-state index contributed by atoms with van der Waals surface area (Å²) in [6.45, 7) is 0. The third kappa shape index (κ3) is 3.59. The predicted octanol–water partition coefficient (Wildman–Crippen LogP) is 2.99. The Balaban J connectivity index is 1.91. The van der Waals surface area contributed by atoms with Crippen LogP contribution in [-0.4, -0.2) is 19.5 Å². The number of carboxylic acid groups (broad SMARTS) is 1. The van der Waals surface area contributed by atoms with Crippen LogP contribution in [0.5, 0.6) is 0 Å². The van der Waals surface area contributed by atoms with Crippen LogP contribution < -0.4 is 4.72 Å². The highest BCUT2D eigenvalue weighted by Crippen LogP contribution is 2.28. The van der Waals surface area contributed by atoms with Gasteiger partial charge >= 0.3 is 5.97 Å². The summed E-state index contributed by atoms with van der Waals surface area (Å²) in [6, 6.07) is 11.9. The molecule has 126 valence electrons. The van der Waals surface area contributed by atoms with Gasteiger partial charge in [0.05, 0.1) is 11.3 Å². The lowest BCUT2D eigenvalue weighted by Crippen LogP contribution is -2.17. The molecule has 0 heterocycles. The topological polar surface area (TPSA) is 83.5 Å². The Morgan fingerprint density at radius 3 is 2.62 bits per heavy atom. The average Bonchev–Trinajstić information content (AvgIpc) is 2.53. The Bertz CT molecular complexity index is 874. The lowest BCUT2D eigenvalue weighted by molar-refractivity contribution is -0.136. The average molecular weight is 345 g/mol. The van der Waals surface area contributed by atoms with E-state index in [-0.39, 0.29) is 6.42 Å². The van der Waals surface area contributed by atoms with Crippen molar-refractivity contribution in [2.75, 3.05) is 4.72 Å². The van der Waals surface area contributed by atoms with Crippen LogP contribution >= 0.6 is 0 Å². The van der Waals surface area contributed by atoms with E-state index in [1.54, 1.807) is 36.4 Å². The second-order valence-corrected chi connectivity index (χ2v) is 7.63. The molecule has 0 saturated carbocycles. The largest absolute Gasteiger partial charge is 0.481 e. The van der Waals surface area contributed by atoms with Gasteiger partial charge in [-0.05, 0) is 60.6 Å². The molecule has 6 heteroatoms. The molecule has 3 rings (SSSR count). The van der Waals surface area contributed by atoms with Crippen molar-refractivity contribution in [3.63, 3.8) is 0 Å². The third-order valence-electron chi connectivity index (χ3n) is 4.18. The summed E-state index contributed by atoms with van der Waals surface area (Å²) in [5.74, 6) is -0.952. The molecule has 0 bridgehead atoms. The minimum absolute atomic E-state index is 0.143. The number of hydrogen-bond acceptors (Lipinski definition) is 3. The summed E-state index contributed by atoms with van der Waals surface area (Å²) in [6.07, 6.45) is 3.61. The Kier molecular flexibility index (Phi) is 4.57. The number of benzene rings is 2. The van der Waals surface area contributed by atoms with E-state index in [9.17, 15) is 13.2 Å². The fourth-order valence-electron chi connectivity index (χ4n) is 3.13. The first-order valence-corrected chi connectivity index (χ1v) is 9.38. The molecule has 1 aliphatic rings. The number of anilines is 1. The van der Waals surface area contributed by atoms with Crippen molar-refractivity contribution < 1.29 is 18.3 Å². The van der Waals surface area contributed by atoms with Gasteiger partial charge in [-0.3, -0.25) is 9.52 Å². The van der Waals surface area contributed by atoms with E-state index < -0.39 is 16.0 Å². The molecule has 0 aliphatic heterocycles. The van der Waals surface area contributed by atoms with Gasteiger partial charge in [0.25, 0.3) is 10.0 Å². The normalized spacial score (nSPS) is 14.0. The van der Waals surface area contributed by atoms with Crippen LogP contribution in [0.1, 0.15) is 29.5 Å². The number of aliphatic carboxylic acids is 1. The summed E-state index contributed by atoms with van der Waals surface area (Å²) in [5, 5.41) is 8.86. The summed E-state index contributed by atoms with van der Waals surface area (Å²) in [7, 11) is -3.70. The van der Waals surface area contributed by atoms with Crippen LogP contribution in [0.3, 0.4) is 0 Å². The van der Waals surface area contributed by atoms with Crippen LogP contribution in [0.25, 0.3) is 0 Å². The van der Waals surface area contributed by atoms with Gasteiger partial charge in [0.1, 0.15) is 0 Å². The molecule has 0 amide bonds. The first-order chi connectivity index (χ1) is 11.5.